The number of benzene rings is 1. The van der Waals surface area contributed by atoms with Gasteiger partial charge < -0.3 is 9.84 Å². The summed E-state index contributed by atoms with van der Waals surface area (Å²) in [6.45, 7) is 11.0. The number of hydrogen-bond donors (Lipinski definition) is 2. The number of rotatable bonds is 4. The number of carbonyl (C=O) groups excluding carboxylic acids is 1. The smallest absolute Gasteiger partial charge is 0.412 e. The van der Waals surface area contributed by atoms with E-state index in [0.717, 1.165) is 11.1 Å². The summed E-state index contributed by atoms with van der Waals surface area (Å²) < 4.78 is 5.24. The van der Waals surface area contributed by atoms with Gasteiger partial charge in [-0.3, -0.25) is 10.1 Å². The molecular weight excluding hydrogens is 282 g/mol. The van der Waals surface area contributed by atoms with E-state index in [0.29, 0.717) is 5.69 Å². The number of amides is 1. The summed E-state index contributed by atoms with van der Waals surface area (Å²) in [6, 6.07) is 5.56. The predicted octanol–water partition coefficient (Wildman–Crippen LogP) is 4.09. The van der Waals surface area contributed by atoms with Crippen LogP contribution in [-0.4, -0.2) is 22.8 Å². The van der Waals surface area contributed by atoms with Crippen molar-refractivity contribution in [3.63, 3.8) is 0 Å². The minimum Gasteiger partial charge on any atom is -0.481 e. The largest absolute Gasteiger partial charge is 0.481 e. The third-order valence-corrected chi connectivity index (χ3v) is 3.25. The van der Waals surface area contributed by atoms with Crippen molar-refractivity contribution in [2.24, 2.45) is 0 Å². The number of hydrogen-bond acceptors (Lipinski definition) is 3. The predicted molar refractivity (Wildman–Crippen MR) is 86.3 cm³/mol. The van der Waals surface area contributed by atoms with Crippen LogP contribution >= 0.6 is 0 Å². The Kier molecular flexibility index (Phi) is 5.22. The van der Waals surface area contributed by atoms with E-state index in [9.17, 15) is 9.59 Å². The zero-order valence-corrected chi connectivity index (χ0v) is 14.1. The summed E-state index contributed by atoms with van der Waals surface area (Å²) in [5.74, 6) is -0.854. The molecule has 0 aliphatic heterocycles. The van der Waals surface area contributed by atoms with E-state index in [-0.39, 0.29) is 6.42 Å². The molecule has 122 valence electrons. The molecule has 1 aromatic carbocycles. The molecule has 0 saturated heterocycles. The van der Waals surface area contributed by atoms with Gasteiger partial charge in [0, 0.05) is 11.1 Å². The summed E-state index contributed by atoms with van der Waals surface area (Å²) in [5.41, 5.74) is 1.28. The first-order valence-corrected chi connectivity index (χ1v) is 7.24. The molecule has 22 heavy (non-hydrogen) atoms. The molecule has 0 bridgehead atoms. The third kappa shape index (κ3) is 5.39. The van der Waals surface area contributed by atoms with Crippen LogP contribution in [0, 0.1) is 6.92 Å². The Balaban J connectivity index is 3.00. The molecule has 1 rings (SSSR count). The Labute approximate surface area is 131 Å². The molecule has 0 unspecified atom stereocenters. The maximum absolute atomic E-state index is 11.9. The van der Waals surface area contributed by atoms with Gasteiger partial charge in [0.25, 0.3) is 0 Å². The molecule has 0 aromatic heterocycles. The van der Waals surface area contributed by atoms with Crippen molar-refractivity contribution in [2.45, 2.75) is 59.0 Å². The molecule has 1 aromatic rings. The lowest BCUT2D eigenvalue weighted by Gasteiger charge is -2.25. The maximum atomic E-state index is 11.9. The van der Waals surface area contributed by atoms with Gasteiger partial charge in [0.15, 0.2) is 0 Å². The molecule has 0 atom stereocenters. The molecule has 5 heteroatoms. The molecule has 0 spiro atoms. The second-order valence-electron chi connectivity index (χ2n) is 7.11. The van der Waals surface area contributed by atoms with Gasteiger partial charge in [0.2, 0.25) is 0 Å². The number of ether oxygens (including phenoxy) is 1. The topological polar surface area (TPSA) is 75.6 Å². The van der Waals surface area contributed by atoms with E-state index in [1.165, 1.54) is 0 Å². The van der Waals surface area contributed by atoms with E-state index in [2.05, 4.69) is 5.32 Å². The zero-order valence-electron chi connectivity index (χ0n) is 14.1. The van der Waals surface area contributed by atoms with E-state index >= 15 is 0 Å². The maximum Gasteiger partial charge on any atom is 0.412 e. The zero-order chi connectivity index (χ0) is 17.1. The van der Waals surface area contributed by atoms with Crippen molar-refractivity contribution < 1.29 is 19.4 Å². The SMILES string of the molecule is Cc1ccc(C(C)(C)CC(=O)O)cc1NC(=O)OC(C)(C)C. The minimum atomic E-state index is -0.854. The van der Waals surface area contributed by atoms with Crippen LogP contribution in [0.5, 0.6) is 0 Å². The van der Waals surface area contributed by atoms with E-state index in [1.54, 1.807) is 20.8 Å². The van der Waals surface area contributed by atoms with Crippen LogP contribution in [0.1, 0.15) is 52.2 Å². The fourth-order valence-electron chi connectivity index (χ4n) is 2.07. The van der Waals surface area contributed by atoms with Crippen LogP contribution in [0.3, 0.4) is 0 Å². The fourth-order valence-corrected chi connectivity index (χ4v) is 2.07. The lowest BCUT2D eigenvalue weighted by atomic mass is 9.81. The van der Waals surface area contributed by atoms with Crippen molar-refractivity contribution in [1.29, 1.82) is 0 Å². The summed E-state index contributed by atoms with van der Waals surface area (Å²) in [7, 11) is 0. The highest BCUT2D eigenvalue weighted by Gasteiger charge is 2.25. The number of anilines is 1. The van der Waals surface area contributed by atoms with Gasteiger partial charge in [-0.15, -0.1) is 0 Å². The van der Waals surface area contributed by atoms with E-state index in [1.807, 2.05) is 39.0 Å². The first kappa shape index (κ1) is 18.0. The summed E-state index contributed by atoms with van der Waals surface area (Å²) in [5, 5.41) is 11.7. The van der Waals surface area contributed by atoms with Gasteiger partial charge in [-0.2, -0.15) is 0 Å². The lowest BCUT2D eigenvalue weighted by molar-refractivity contribution is -0.138. The molecular formula is C17H25NO4. The van der Waals surface area contributed by atoms with Crippen molar-refractivity contribution in [2.75, 3.05) is 5.32 Å². The highest BCUT2D eigenvalue weighted by atomic mass is 16.6. The summed E-state index contributed by atoms with van der Waals surface area (Å²) >= 11 is 0. The Morgan fingerprint density at radius 1 is 1.18 bits per heavy atom. The van der Waals surface area contributed by atoms with Crippen molar-refractivity contribution in [3.05, 3.63) is 29.3 Å². The van der Waals surface area contributed by atoms with Gasteiger partial charge in [-0.05, 0) is 44.9 Å². The lowest BCUT2D eigenvalue weighted by Crippen LogP contribution is -2.28. The van der Waals surface area contributed by atoms with E-state index < -0.39 is 23.1 Å². The normalized spacial score (nSPS) is 11.9. The number of carboxylic acids is 1. The van der Waals surface area contributed by atoms with E-state index in [4.69, 9.17) is 9.84 Å². The Morgan fingerprint density at radius 2 is 1.77 bits per heavy atom. The molecule has 0 radical (unpaired) electrons. The molecule has 0 aliphatic carbocycles. The summed E-state index contributed by atoms with van der Waals surface area (Å²) in [4.78, 5) is 22.9. The monoisotopic (exact) mass is 307 g/mol. The molecule has 5 nitrogen and oxygen atoms in total. The quantitative estimate of drug-likeness (QED) is 0.878. The number of carbonyl (C=O) groups is 2. The highest BCUT2D eigenvalue weighted by molar-refractivity contribution is 5.86. The number of aliphatic carboxylic acids is 1. The number of nitrogens with one attached hydrogen (secondary N) is 1. The number of carboxylic acid groups (broad SMARTS) is 1. The standard InChI is InChI=1S/C17H25NO4/c1-11-7-8-12(17(5,6)10-14(19)20)9-13(11)18-15(21)22-16(2,3)4/h7-9H,10H2,1-6H3,(H,18,21)(H,19,20). The van der Waals surface area contributed by atoms with Gasteiger partial charge >= 0.3 is 12.1 Å². The van der Waals surface area contributed by atoms with Crippen LogP contribution in [0.25, 0.3) is 0 Å². The molecule has 2 N–H and O–H groups in total. The van der Waals surface area contributed by atoms with Crippen LogP contribution in [-0.2, 0) is 14.9 Å². The van der Waals surface area contributed by atoms with Crippen LogP contribution in [0.4, 0.5) is 10.5 Å². The molecule has 0 heterocycles. The first-order valence-electron chi connectivity index (χ1n) is 7.24. The van der Waals surface area contributed by atoms with Gasteiger partial charge in [-0.1, -0.05) is 26.0 Å². The minimum absolute atomic E-state index is 0.0158. The Bertz CT molecular complexity index is 571. The third-order valence-electron chi connectivity index (χ3n) is 3.25. The Hall–Kier alpha value is -2.04. The second kappa shape index (κ2) is 6.38. The molecule has 0 aliphatic rings. The van der Waals surface area contributed by atoms with Gasteiger partial charge in [0.1, 0.15) is 5.60 Å². The van der Waals surface area contributed by atoms with Gasteiger partial charge in [0.05, 0.1) is 6.42 Å². The van der Waals surface area contributed by atoms with Gasteiger partial charge in [-0.25, -0.2) is 4.79 Å². The summed E-state index contributed by atoms with van der Waals surface area (Å²) in [6.07, 6.45) is -0.508. The Morgan fingerprint density at radius 3 is 2.27 bits per heavy atom. The highest BCUT2D eigenvalue weighted by Crippen LogP contribution is 2.30. The second-order valence-corrected chi connectivity index (χ2v) is 7.11. The van der Waals surface area contributed by atoms with Crippen LogP contribution < -0.4 is 5.32 Å². The fraction of sp³-hybridized carbons (Fsp3) is 0.529. The van der Waals surface area contributed by atoms with Crippen molar-refractivity contribution >= 4 is 17.7 Å². The molecule has 0 fully saturated rings. The first-order chi connectivity index (χ1) is 9.90. The number of aryl methyl sites for hydroxylation is 1. The van der Waals surface area contributed by atoms with Crippen LogP contribution in [0.15, 0.2) is 18.2 Å². The molecule has 1 amide bonds. The average Bonchev–Trinajstić information content (AvgIpc) is 2.27. The van der Waals surface area contributed by atoms with Crippen molar-refractivity contribution in [3.8, 4) is 0 Å². The molecule has 0 saturated carbocycles. The average molecular weight is 307 g/mol. The van der Waals surface area contributed by atoms with Crippen LogP contribution in [0.2, 0.25) is 0 Å². The van der Waals surface area contributed by atoms with Crippen molar-refractivity contribution in [1.82, 2.24) is 0 Å².